The molecule has 0 saturated heterocycles. The monoisotopic (exact) mass is 345 g/mol. The number of aryl methyl sites for hydroxylation is 1. The smallest absolute Gasteiger partial charge is 0.240 e. The molecule has 0 fully saturated rings. The van der Waals surface area contributed by atoms with Crippen molar-refractivity contribution in [3.05, 3.63) is 78.1 Å². The van der Waals surface area contributed by atoms with Gasteiger partial charge in [0, 0.05) is 24.6 Å². The first kappa shape index (κ1) is 16.4. The molecule has 2 aromatic carbocycles. The van der Waals surface area contributed by atoms with Crippen LogP contribution in [0.3, 0.4) is 0 Å². The van der Waals surface area contributed by atoms with Crippen molar-refractivity contribution in [2.75, 3.05) is 0 Å². The predicted molar refractivity (Wildman–Crippen MR) is 88.7 cm³/mol. The summed E-state index contributed by atoms with van der Waals surface area (Å²) in [5.41, 5.74) is 2.05. The van der Waals surface area contributed by atoms with Crippen LogP contribution in [0.25, 0.3) is 5.69 Å². The van der Waals surface area contributed by atoms with E-state index in [1.165, 1.54) is 19.1 Å². The van der Waals surface area contributed by atoms with Crippen molar-refractivity contribution >= 4 is 10.0 Å². The highest BCUT2D eigenvalue weighted by atomic mass is 32.2. The number of rotatable bonds is 5. The Morgan fingerprint density at radius 2 is 1.92 bits per heavy atom. The van der Waals surface area contributed by atoms with E-state index in [0.717, 1.165) is 17.3 Å². The molecule has 0 aliphatic carbocycles. The quantitative estimate of drug-likeness (QED) is 0.773. The Bertz CT molecular complexity index is 936. The first-order chi connectivity index (χ1) is 11.5. The van der Waals surface area contributed by atoms with Crippen molar-refractivity contribution in [2.24, 2.45) is 0 Å². The summed E-state index contributed by atoms with van der Waals surface area (Å²) in [6, 6.07) is 11.2. The van der Waals surface area contributed by atoms with Gasteiger partial charge < -0.3 is 4.57 Å². The number of nitrogens with one attached hydrogen (secondary N) is 1. The predicted octanol–water partition coefficient (Wildman–Crippen LogP) is 2.80. The Hall–Kier alpha value is -2.51. The summed E-state index contributed by atoms with van der Waals surface area (Å²) in [7, 11) is -3.68. The molecule has 24 heavy (non-hydrogen) atoms. The molecule has 0 aliphatic heterocycles. The van der Waals surface area contributed by atoms with E-state index in [9.17, 15) is 12.8 Å². The molecule has 0 radical (unpaired) electrons. The zero-order chi connectivity index (χ0) is 17.2. The van der Waals surface area contributed by atoms with Crippen LogP contribution in [0.4, 0.5) is 4.39 Å². The second-order valence-corrected chi connectivity index (χ2v) is 7.14. The summed E-state index contributed by atoms with van der Waals surface area (Å²) >= 11 is 0. The van der Waals surface area contributed by atoms with Gasteiger partial charge in [0.2, 0.25) is 10.0 Å². The van der Waals surface area contributed by atoms with E-state index in [0.29, 0.717) is 5.56 Å². The van der Waals surface area contributed by atoms with Gasteiger partial charge in [0.05, 0.1) is 11.2 Å². The number of aromatic nitrogens is 2. The molecule has 1 heterocycles. The first-order valence-corrected chi connectivity index (χ1v) is 8.77. The average Bonchev–Trinajstić information content (AvgIpc) is 3.10. The zero-order valence-electron chi connectivity index (χ0n) is 13.0. The van der Waals surface area contributed by atoms with Gasteiger partial charge in [-0.05, 0) is 48.4 Å². The van der Waals surface area contributed by atoms with E-state index in [4.69, 9.17) is 0 Å². The van der Waals surface area contributed by atoms with E-state index >= 15 is 0 Å². The van der Waals surface area contributed by atoms with E-state index < -0.39 is 15.8 Å². The second kappa shape index (κ2) is 6.54. The largest absolute Gasteiger partial charge is 0.306 e. The van der Waals surface area contributed by atoms with Gasteiger partial charge in [-0.15, -0.1) is 0 Å². The van der Waals surface area contributed by atoms with Crippen LogP contribution in [-0.4, -0.2) is 18.0 Å². The average molecular weight is 345 g/mol. The molecule has 0 bridgehead atoms. The molecular formula is C17H16FN3O2S. The van der Waals surface area contributed by atoms with Crippen molar-refractivity contribution in [2.45, 2.75) is 18.4 Å². The van der Waals surface area contributed by atoms with Crippen molar-refractivity contribution in [1.29, 1.82) is 0 Å². The molecule has 0 spiro atoms. The minimum Gasteiger partial charge on any atom is -0.306 e. The highest BCUT2D eigenvalue weighted by molar-refractivity contribution is 7.89. The molecule has 7 heteroatoms. The fourth-order valence-corrected chi connectivity index (χ4v) is 3.35. The number of hydrogen-bond donors (Lipinski definition) is 1. The lowest BCUT2D eigenvalue weighted by Gasteiger charge is -2.09. The van der Waals surface area contributed by atoms with Gasteiger partial charge in [-0.2, -0.15) is 0 Å². The Morgan fingerprint density at radius 3 is 2.54 bits per heavy atom. The lowest BCUT2D eigenvalue weighted by molar-refractivity contribution is 0.579. The number of imidazole rings is 1. The second-order valence-electron chi connectivity index (χ2n) is 5.37. The van der Waals surface area contributed by atoms with E-state index in [2.05, 4.69) is 9.71 Å². The third-order valence-electron chi connectivity index (χ3n) is 3.64. The fraction of sp³-hybridized carbons (Fsp3) is 0.118. The Kier molecular flexibility index (Phi) is 4.46. The molecule has 3 aromatic rings. The van der Waals surface area contributed by atoms with Gasteiger partial charge in [0.15, 0.2) is 0 Å². The number of halogens is 1. The summed E-state index contributed by atoms with van der Waals surface area (Å²) in [5.74, 6) is -0.427. The van der Waals surface area contributed by atoms with Gasteiger partial charge >= 0.3 is 0 Å². The molecule has 3 rings (SSSR count). The molecule has 0 saturated carbocycles. The van der Waals surface area contributed by atoms with Crippen molar-refractivity contribution < 1.29 is 12.8 Å². The third-order valence-corrected chi connectivity index (χ3v) is 5.04. The Morgan fingerprint density at radius 1 is 1.17 bits per heavy atom. The van der Waals surface area contributed by atoms with Gasteiger partial charge in [0.25, 0.3) is 0 Å². The number of hydrogen-bond acceptors (Lipinski definition) is 3. The topological polar surface area (TPSA) is 64.0 Å². The van der Waals surface area contributed by atoms with Crippen LogP contribution >= 0.6 is 0 Å². The molecule has 1 aromatic heterocycles. The number of sulfonamides is 1. The standard InChI is InChI=1S/C17H16FN3O2S/c1-13-10-16(6-7-17(13)18)24(22,23)20-11-14-2-4-15(5-3-14)21-9-8-19-12-21/h2-10,12,20H,11H2,1H3. The minimum atomic E-state index is -3.68. The molecule has 124 valence electrons. The highest BCUT2D eigenvalue weighted by Crippen LogP contribution is 2.15. The lowest BCUT2D eigenvalue weighted by Crippen LogP contribution is -2.23. The SMILES string of the molecule is Cc1cc(S(=O)(=O)NCc2ccc(-n3ccnc3)cc2)ccc1F. The summed E-state index contributed by atoms with van der Waals surface area (Å²) in [6.07, 6.45) is 5.20. The summed E-state index contributed by atoms with van der Waals surface area (Å²) < 4.78 is 42.2. The number of nitrogens with zero attached hydrogens (tertiary/aromatic N) is 2. The third kappa shape index (κ3) is 3.52. The van der Waals surface area contributed by atoms with E-state index in [1.807, 2.05) is 35.0 Å². The van der Waals surface area contributed by atoms with E-state index in [-0.39, 0.29) is 11.4 Å². The Balaban J connectivity index is 1.71. The van der Waals surface area contributed by atoms with Crippen LogP contribution in [0.2, 0.25) is 0 Å². The number of benzene rings is 2. The minimum absolute atomic E-state index is 0.0523. The lowest BCUT2D eigenvalue weighted by atomic mass is 10.2. The van der Waals surface area contributed by atoms with Crippen LogP contribution < -0.4 is 4.72 Å². The normalized spacial score (nSPS) is 11.6. The molecule has 0 aliphatic rings. The maximum Gasteiger partial charge on any atom is 0.240 e. The van der Waals surface area contributed by atoms with Gasteiger partial charge in [-0.1, -0.05) is 12.1 Å². The maximum absolute atomic E-state index is 13.3. The molecule has 5 nitrogen and oxygen atoms in total. The van der Waals surface area contributed by atoms with Gasteiger partial charge in [0.1, 0.15) is 5.82 Å². The molecule has 0 unspecified atom stereocenters. The van der Waals surface area contributed by atoms with Crippen molar-refractivity contribution in [1.82, 2.24) is 14.3 Å². The van der Waals surface area contributed by atoms with Crippen molar-refractivity contribution in [3.63, 3.8) is 0 Å². The van der Waals surface area contributed by atoms with Crippen LogP contribution in [0.1, 0.15) is 11.1 Å². The van der Waals surface area contributed by atoms with Crippen LogP contribution in [-0.2, 0) is 16.6 Å². The Labute approximate surface area is 139 Å². The first-order valence-electron chi connectivity index (χ1n) is 7.29. The summed E-state index contributed by atoms with van der Waals surface area (Å²) in [4.78, 5) is 4.03. The maximum atomic E-state index is 13.3. The van der Waals surface area contributed by atoms with Crippen molar-refractivity contribution in [3.8, 4) is 5.69 Å². The van der Waals surface area contributed by atoms with Crippen LogP contribution in [0.5, 0.6) is 0 Å². The summed E-state index contributed by atoms with van der Waals surface area (Å²) in [5, 5.41) is 0. The van der Waals surface area contributed by atoms with Crippen LogP contribution in [0, 0.1) is 12.7 Å². The molecule has 1 N–H and O–H groups in total. The molecule has 0 amide bonds. The summed E-state index contributed by atoms with van der Waals surface area (Å²) in [6.45, 7) is 1.69. The van der Waals surface area contributed by atoms with Gasteiger partial charge in [-0.3, -0.25) is 0 Å². The highest BCUT2D eigenvalue weighted by Gasteiger charge is 2.15. The van der Waals surface area contributed by atoms with Gasteiger partial charge in [-0.25, -0.2) is 22.5 Å². The molecular weight excluding hydrogens is 329 g/mol. The zero-order valence-corrected chi connectivity index (χ0v) is 13.8. The van der Waals surface area contributed by atoms with Crippen LogP contribution in [0.15, 0.2) is 66.1 Å². The van der Waals surface area contributed by atoms with E-state index in [1.54, 1.807) is 12.5 Å². The fourth-order valence-electron chi connectivity index (χ4n) is 2.24. The molecule has 0 atom stereocenters.